The van der Waals surface area contributed by atoms with E-state index in [0.717, 1.165) is 31.9 Å². The highest BCUT2D eigenvalue weighted by atomic mass is 35.5. The van der Waals surface area contributed by atoms with Gasteiger partial charge < -0.3 is 11.1 Å². The SMILES string of the molecule is Nc1nc(Cl)cc(C2CNCCN2Cc2ccccc2-c2cccc3ccccc23)n1. The van der Waals surface area contributed by atoms with Crippen LogP contribution in [0, 0.1) is 0 Å². The number of nitrogens with zero attached hydrogens (tertiary/aromatic N) is 3. The number of fused-ring (bicyclic) bond motifs is 1. The molecule has 4 aromatic rings. The van der Waals surface area contributed by atoms with Crippen LogP contribution in [0.25, 0.3) is 21.9 Å². The number of benzene rings is 3. The number of piperazine rings is 1. The van der Waals surface area contributed by atoms with Gasteiger partial charge in [-0.3, -0.25) is 4.90 Å². The van der Waals surface area contributed by atoms with Crippen LogP contribution >= 0.6 is 11.6 Å². The summed E-state index contributed by atoms with van der Waals surface area (Å²) in [6.07, 6.45) is 0. The summed E-state index contributed by atoms with van der Waals surface area (Å²) < 4.78 is 0. The molecule has 156 valence electrons. The summed E-state index contributed by atoms with van der Waals surface area (Å²) in [7, 11) is 0. The van der Waals surface area contributed by atoms with E-state index in [1.807, 2.05) is 6.07 Å². The molecule has 5 nitrogen and oxygen atoms in total. The van der Waals surface area contributed by atoms with E-state index >= 15 is 0 Å². The van der Waals surface area contributed by atoms with E-state index in [-0.39, 0.29) is 12.0 Å². The Kier molecular flexibility index (Phi) is 5.55. The Morgan fingerprint density at radius 2 is 1.74 bits per heavy atom. The van der Waals surface area contributed by atoms with Gasteiger partial charge in [0.2, 0.25) is 5.95 Å². The van der Waals surface area contributed by atoms with E-state index in [2.05, 4.69) is 86.9 Å². The van der Waals surface area contributed by atoms with Gasteiger partial charge in [0.25, 0.3) is 0 Å². The predicted molar refractivity (Wildman–Crippen MR) is 127 cm³/mol. The van der Waals surface area contributed by atoms with Crippen LogP contribution in [0.3, 0.4) is 0 Å². The summed E-state index contributed by atoms with van der Waals surface area (Å²) in [5.41, 5.74) is 10.5. The van der Waals surface area contributed by atoms with E-state index in [1.54, 1.807) is 0 Å². The third-order valence-electron chi connectivity index (χ3n) is 5.90. The lowest BCUT2D eigenvalue weighted by Crippen LogP contribution is -2.45. The van der Waals surface area contributed by atoms with Crippen molar-refractivity contribution in [1.82, 2.24) is 20.2 Å². The minimum atomic E-state index is 0.0807. The molecule has 0 saturated carbocycles. The molecule has 0 spiro atoms. The number of nitrogens with one attached hydrogen (secondary N) is 1. The third kappa shape index (κ3) is 4.12. The van der Waals surface area contributed by atoms with E-state index in [9.17, 15) is 0 Å². The first-order chi connectivity index (χ1) is 15.2. The molecule has 1 saturated heterocycles. The lowest BCUT2D eigenvalue weighted by Gasteiger charge is -2.36. The molecule has 6 heteroatoms. The van der Waals surface area contributed by atoms with Crippen molar-refractivity contribution in [2.45, 2.75) is 12.6 Å². The Balaban J connectivity index is 1.52. The fourth-order valence-corrected chi connectivity index (χ4v) is 4.65. The monoisotopic (exact) mass is 429 g/mol. The molecule has 0 aliphatic carbocycles. The maximum Gasteiger partial charge on any atom is 0.221 e. The van der Waals surface area contributed by atoms with Gasteiger partial charge in [0.15, 0.2) is 0 Å². The number of nitrogen functional groups attached to an aromatic ring is 1. The van der Waals surface area contributed by atoms with E-state index < -0.39 is 0 Å². The van der Waals surface area contributed by atoms with Crippen molar-refractivity contribution >= 4 is 28.3 Å². The molecule has 1 aliphatic rings. The second-order valence-corrected chi connectivity index (χ2v) is 8.24. The highest BCUT2D eigenvalue weighted by molar-refractivity contribution is 6.29. The zero-order valence-electron chi connectivity index (χ0n) is 17.1. The Labute approximate surface area is 186 Å². The Morgan fingerprint density at radius 1 is 0.968 bits per heavy atom. The molecule has 5 rings (SSSR count). The maximum atomic E-state index is 6.17. The summed E-state index contributed by atoms with van der Waals surface area (Å²) >= 11 is 6.17. The van der Waals surface area contributed by atoms with Crippen molar-refractivity contribution in [3.8, 4) is 11.1 Å². The Hall–Kier alpha value is -2.99. The molecule has 31 heavy (non-hydrogen) atoms. The minimum absolute atomic E-state index is 0.0807. The average molecular weight is 430 g/mol. The van der Waals surface area contributed by atoms with Gasteiger partial charge in [-0.05, 0) is 33.5 Å². The standard InChI is InChI=1S/C25H24ClN5/c26-24-14-22(29-25(27)30-24)23-15-28-12-13-31(23)16-18-7-2-4-10-20(18)21-11-5-8-17-6-1-3-9-19(17)21/h1-11,14,23,28H,12-13,15-16H2,(H2,27,29,30). The summed E-state index contributed by atoms with van der Waals surface area (Å²) in [6, 6.07) is 25.6. The zero-order chi connectivity index (χ0) is 21.2. The topological polar surface area (TPSA) is 67.1 Å². The van der Waals surface area contributed by atoms with Crippen LogP contribution in [0.5, 0.6) is 0 Å². The van der Waals surface area contributed by atoms with Gasteiger partial charge >= 0.3 is 0 Å². The lowest BCUT2D eigenvalue weighted by molar-refractivity contribution is 0.151. The molecule has 0 radical (unpaired) electrons. The maximum absolute atomic E-state index is 6.17. The highest BCUT2D eigenvalue weighted by Crippen LogP contribution is 2.33. The van der Waals surface area contributed by atoms with E-state index in [4.69, 9.17) is 17.3 Å². The van der Waals surface area contributed by atoms with Gasteiger partial charge in [0.05, 0.1) is 11.7 Å². The average Bonchev–Trinajstić information content (AvgIpc) is 2.79. The van der Waals surface area contributed by atoms with Gasteiger partial charge in [-0.1, -0.05) is 78.3 Å². The van der Waals surface area contributed by atoms with Gasteiger partial charge in [0, 0.05) is 26.2 Å². The molecule has 3 aromatic carbocycles. The summed E-state index contributed by atoms with van der Waals surface area (Å²) in [5.74, 6) is 0.212. The first-order valence-electron chi connectivity index (χ1n) is 10.5. The molecule has 1 unspecified atom stereocenters. The summed E-state index contributed by atoms with van der Waals surface area (Å²) in [6.45, 7) is 3.45. The number of halogens is 1. The van der Waals surface area contributed by atoms with E-state index in [0.29, 0.717) is 5.15 Å². The second kappa shape index (κ2) is 8.63. The molecule has 1 aliphatic heterocycles. The third-order valence-corrected chi connectivity index (χ3v) is 6.09. The van der Waals surface area contributed by atoms with Crippen LogP contribution in [0.15, 0.2) is 72.8 Å². The molecule has 3 N–H and O–H groups in total. The summed E-state index contributed by atoms with van der Waals surface area (Å²) in [5, 5.41) is 6.37. The fraction of sp³-hybridized carbons (Fsp3) is 0.200. The Bertz CT molecular complexity index is 1200. The molecule has 0 amide bonds. The van der Waals surface area contributed by atoms with Gasteiger partial charge in [-0.15, -0.1) is 0 Å². The number of hydrogen-bond acceptors (Lipinski definition) is 5. The van der Waals surface area contributed by atoms with Crippen molar-refractivity contribution < 1.29 is 0 Å². The van der Waals surface area contributed by atoms with Crippen molar-refractivity contribution in [1.29, 1.82) is 0 Å². The van der Waals surface area contributed by atoms with Crippen LogP contribution < -0.4 is 11.1 Å². The lowest BCUT2D eigenvalue weighted by atomic mass is 9.94. The molecule has 0 bridgehead atoms. The van der Waals surface area contributed by atoms with Crippen molar-refractivity contribution in [3.05, 3.63) is 89.2 Å². The van der Waals surface area contributed by atoms with Gasteiger partial charge in [-0.2, -0.15) is 0 Å². The van der Waals surface area contributed by atoms with Gasteiger partial charge in [0.1, 0.15) is 5.15 Å². The van der Waals surface area contributed by atoms with Crippen molar-refractivity contribution in [2.24, 2.45) is 0 Å². The van der Waals surface area contributed by atoms with Gasteiger partial charge in [-0.25, -0.2) is 9.97 Å². The molecule has 1 aromatic heterocycles. The molecule has 1 fully saturated rings. The fourth-order valence-electron chi connectivity index (χ4n) is 4.45. The Morgan fingerprint density at radius 3 is 2.65 bits per heavy atom. The molecule has 1 atom stereocenters. The van der Waals surface area contributed by atoms with Crippen LogP contribution in [0.4, 0.5) is 5.95 Å². The number of rotatable bonds is 4. The van der Waals surface area contributed by atoms with Crippen LogP contribution in [-0.2, 0) is 6.54 Å². The number of hydrogen-bond donors (Lipinski definition) is 2. The zero-order valence-corrected chi connectivity index (χ0v) is 17.9. The normalized spacial score (nSPS) is 17.1. The number of aromatic nitrogens is 2. The first-order valence-corrected chi connectivity index (χ1v) is 10.9. The summed E-state index contributed by atoms with van der Waals surface area (Å²) in [4.78, 5) is 10.9. The molecule has 2 heterocycles. The van der Waals surface area contributed by atoms with Crippen molar-refractivity contribution in [3.63, 3.8) is 0 Å². The van der Waals surface area contributed by atoms with Crippen LogP contribution in [0.2, 0.25) is 5.15 Å². The smallest absolute Gasteiger partial charge is 0.221 e. The minimum Gasteiger partial charge on any atom is -0.368 e. The largest absolute Gasteiger partial charge is 0.368 e. The first kappa shape index (κ1) is 19.9. The molecular weight excluding hydrogens is 406 g/mol. The van der Waals surface area contributed by atoms with E-state index in [1.165, 1.54) is 27.5 Å². The predicted octanol–water partition coefficient (Wildman–Crippen LogP) is 4.68. The van der Waals surface area contributed by atoms with Crippen LogP contribution in [0.1, 0.15) is 17.3 Å². The number of anilines is 1. The quantitative estimate of drug-likeness (QED) is 0.461. The molecular formula is C25H24ClN5. The number of nitrogens with two attached hydrogens (primary N) is 1. The highest BCUT2D eigenvalue weighted by Gasteiger charge is 2.26. The van der Waals surface area contributed by atoms with Crippen molar-refractivity contribution in [2.75, 3.05) is 25.4 Å². The second-order valence-electron chi connectivity index (χ2n) is 7.85. The van der Waals surface area contributed by atoms with Crippen LogP contribution in [-0.4, -0.2) is 34.5 Å².